The number of carbonyl (C=O) groups excluding carboxylic acids is 2. The summed E-state index contributed by atoms with van der Waals surface area (Å²) in [6, 6.07) is 9.71. The molecular formula is C19H23N3O3. The van der Waals surface area contributed by atoms with Crippen LogP contribution in [0.5, 0.6) is 0 Å². The SMILES string of the molecule is CCc1noc(C)c1C(=O)N1CCN(C(C)=O)[C@@H](c2ccccc2)C1. The molecule has 1 atom stereocenters. The van der Waals surface area contributed by atoms with Gasteiger partial charge in [-0.05, 0) is 18.9 Å². The first-order chi connectivity index (χ1) is 12.0. The van der Waals surface area contributed by atoms with Crippen LogP contribution in [0.2, 0.25) is 0 Å². The molecule has 0 radical (unpaired) electrons. The van der Waals surface area contributed by atoms with Gasteiger partial charge in [-0.2, -0.15) is 0 Å². The van der Waals surface area contributed by atoms with E-state index in [-0.39, 0.29) is 17.9 Å². The molecule has 2 heterocycles. The minimum absolute atomic E-state index is 0.0244. The summed E-state index contributed by atoms with van der Waals surface area (Å²) < 4.78 is 5.21. The van der Waals surface area contributed by atoms with E-state index in [0.29, 0.717) is 43.1 Å². The molecule has 1 aliphatic rings. The van der Waals surface area contributed by atoms with E-state index in [1.54, 1.807) is 18.7 Å². The second kappa shape index (κ2) is 7.09. The highest BCUT2D eigenvalue weighted by molar-refractivity contribution is 5.96. The highest BCUT2D eigenvalue weighted by atomic mass is 16.5. The summed E-state index contributed by atoms with van der Waals surface area (Å²) >= 11 is 0. The fourth-order valence-corrected chi connectivity index (χ4v) is 3.40. The van der Waals surface area contributed by atoms with E-state index < -0.39 is 0 Å². The molecule has 1 aromatic carbocycles. The molecule has 2 amide bonds. The average Bonchev–Trinajstić information content (AvgIpc) is 3.01. The molecule has 1 fully saturated rings. The van der Waals surface area contributed by atoms with Crippen LogP contribution in [0, 0.1) is 6.92 Å². The Labute approximate surface area is 147 Å². The normalized spacial score (nSPS) is 17.6. The lowest BCUT2D eigenvalue weighted by atomic mass is 10.0. The molecule has 6 nitrogen and oxygen atoms in total. The summed E-state index contributed by atoms with van der Waals surface area (Å²) in [5.74, 6) is 0.503. The van der Waals surface area contributed by atoms with Crippen LogP contribution >= 0.6 is 0 Å². The van der Waals surface area contributed by atoms with Gasteiger partial charge >= 0.3 is 0 Å². The van der Waals surface area contributed by atoms with Gasteiger partial charge in [0.05, 0.1) is 11.7 Å². The first-order valence-corrected chi connectivity index (χ1v) is 8.59. The summed E-state index contributed by atoms with van der Waals surface area (Å²) in [6.07, 6.45) is 0.647. The number of rotatable bonds is 3. The Hall–Kier alpha value is -2.63. The third-order valence-corrected chi connectivity index (χ3v) is 4.74. The molecule has 0 spiro atoms. The van der Waals surface area contributed by atoms with Gasteiger partial charge in [-0.15, -0.1) is 0 Å². The van der Waals surface area contributed by atoms with Crippen molar-refractivity contribution < 1.29 is 14.1 Å². The topological polar surface area (TPSA) is 66.7 Å². The molecule has 0 aliphatic carbocycles. The van der Waals surface area contributed by atoms with E-state index in [1.807, 2.05) is 42.2 Å². The Balaban J connectivity index is 1.88. The number of hydrogen-bond acceptors (Lipinski definition) is 4. The number of aryl methyl sites for hydroxylation is 2. The molecule has 1 aliphatic heterocycles. The molecular weight excluding hydrogens is 318 g/mol. The lowest BCUT2D eigenvalue weighted by Gasteiger charge is -2.41. The fraction of sp³-hybridized carbons (Fsp3) is 0.421. The molecule has 0 bridgehead atoms. The summed E-state index contributed by atoms with van der Waals surface area (Å²) in [5, 5.41) is 3.98. The standard InChI is InChI=1S/C19H23N3O3/c1-4-16-18(13(2)25-20-16)19(24)21-10-11-22(14(3)23)17(12-21)15-8-6-5-7-9-15/h5-9,17H,4,10-12H2,1-3H3/t17-/m1/s1. The Morgan fingerprint density at radius 1 is 1.24 bits per heavy atom. The monoisotopic (exact) mass is 341 g/mol. The van der Waals surface area contributed by atoms with E-state index >= 15 is 0 Å². The van der Waals surface area contributed by atoms with Crippen LogP contribution in [0.25, 0.3) is 0 Å². The van der Waals surface area contributed by atoms with Gasteiger partial charge in [0.1, 0.15) is 11.3 Å². The summed E-state index contributed by atoms with van der Waals surface area (Å²) in [6.45, 7) is 6.79. The number of hydrogen-bond donors (Lipinski definition) is 0. The van der Waals surface area contributed by atoms with Crippen LogP contribution in [-0.2, 0) is 11.2 Å². The first-order valence-electron chi connectivity index (χ1n) is 8.59. The van der Waals surface area contributed by atoms with Gasteiger partial charge in [0, 0.05) is 26.6 Å². The van der Waals surface area contributed by atoms with E-state index in [0.717, 1.165) is 5.56 Å². The maximum Gasteiger partial charge on any atom is 0.259 e. The lowest BCUT2D eigenvalue weighted by Crippen LogP contribution is -2.52. The lowest BCUT2D eigenvalue weighted by molar-refractivity contribution is -0.133. The van der Waals surface area contributed by atoms with E-state index in [1.165, 1.54) is 0 Å². The largest absolute Gasteiger partial charge is 0.361 e. The predicted octanol–water partition coefficient (Wildman–Crippen LogP) is 2.59. The predicted molar refractivity (Wildman–Crippen MR) is 93.1 cm³/mol. The fourth-order valence-electron chi connectivity index (χ4n) is 3.40. The number of amides is 2. The quantitative estimate of drug-likeness (QED) is 0.861. The molecule has 1 aromatic heterocycles. The minimum Gasteiger partial charge on any atom is -0.361 e. The first kappa shape index (κ1) is 17.2. The van der Waals surface area contributed by atoms with Crippen LogP contribution in [0.4, 0.5) is 0 Å². The van der Waals surface area contributed by atoms with Gasteiger partial charge in [-0.1, -0.05) is 42.4 Å². The van der Waals surface area contributed by atoms with Gasteiger partial charge in [0.25, 0.3) is 5.91 Å². The van der Waals surface area contributed by atoms with Gasteiger partial charge in [-0.3, -0.25) is 9.59 Å². The van der Waals surface area contributed by atoms with Gasteiger partial charge in [0.2, 0.25) is 5.91 Å². The van der Waals surface area contributed by atoms with Gasteiger partial charge in [-0.25, -0.2) is 0 Å². The number of benzene rings is 1. The molecule has 3 rings (SSSR count). The molecule has 25 heavy (non-hydrogen) atoms. The van der Waals surface area contributed by atoms with Crippen molar-refractivity contribution in [2.75, 3.05) is 19.6 Å². The van der Waals surface area contributed by atoms with E-state index in [2.05, 4.69) is 5.16 Å². The molecule has 1 saturated heterocycles. The Morgan fingerprint density at radius 2 is 1.96 bits per heavy atom. The third-order valence-electron chi connectivity index (χ3n) is 4.74. The molecule has 2 aromatic rings. The van der Waals surface area contributed by atoms with Crippen LogP contribution in [0.3, 0.4) is 0 Å². The third kappa shape index (κ3) is 3.29. The van der Waals surface area contributed by atoms with Crippen molar-refractivity contribution in [1.29, 1.82) is 0 Å². The number of piperazine rings is 1. The van der Waals surface area contributed by atoms with Crippen LogP contribution in [-0.4, -0.2) is 46.4 Å². The van der Waals surface area contributed by atoms with Gasteiger partial charge < -0.3 is 14.3 Å². The maximum absolute atomic E-state index is 13.0. The molecule has 6 heteroatoms. The maximum atomic E-state index is 13.0. The van der Waals surface area contributed by atoms with Crippen LogP contribution in [0.15, 0.2) is 34.9 Å². The smallest absolute Gasteiger partial charge is 0.259 e. The summed E-state index contributed by atoms with van der Waals surface area (Å²) in [5.41, 5.74) is 2.28. The highest BCUT2D eigenvalue weighted by Gasteiger charge is 2.34. The molecule has 0 saturated carbocycles. The summed E-state index contributed by atoms with van der Waals surface area (Å²) in [7, 11) is 0. The van der Waals surface area contributed by atoms with Crippen molar-refractivity contribution in [2.24, 2.45) is 0 Å². The number of carbonyl (C=O) groups is 2. The van der Waals surface area contributed by atoms with Crippen LogP contribution < -0.4 is 0 Å². The average molecular weight is 341 g/mol. The molecule has 132 valence electrons. The van der Waals surface area contributed by atoms with Crippen molar-refractivity contribution in [2.45, 2.75) is 33.2 Å². The Kier molecular flexibility index (Phi) is 4.88. The molecule has 0 N–H and O–H groups in total. The van der Waals surface area contributed by atoms with Crippen molar-refractivity contribution in [3.8, 4) is 0 Å². The second-order valence-corrected chi connectivity index (χ2v) is 6.30. The zero-order valence-corrected chi connectivity index (χ0v) is 14.9. The van der Waals surface area contributed by atoms with E-state index in [9.17, 15) is 9.59 Å². The zero-order valence-electron chi connectivity index (χ0n) is 14.9. The number of nitrogens with zero attached hydrogens (tertiary/aromatic N) is 3. The Morgan fingerprint density at radius 3 is 2.60 bits per heavy atom. The van der Waals surface area contributed by atoms with Crippen molar-refractivity contribution in [3.63, 3.8) is 0 Å². The highest BCUT2D eigenvalue weighted by Crippen LogP contribution is 2.27. The zero-order chi connectivity index (χ0) is 18.0. The van der Waals surface area contributed by atoms with Crippen molar-refractivity contribution >= 4 is 11.8 Å². The second-order valence-electron chi connectivity index (χ2n) is 6.30. The van der Waals surface area contributed by atoms with Crippen LogP contribution in [0.1, 0.15) is 47.3 Å². The summed E-state index contributed by atoms with van der Waals surface area (Å²) in [4.78, 5) is 28.7. The molecule has 0 unspecified atom stereocenters. The Bertz CT molecular complexity index is 769. The van der Waals surface area contributed by atoms with Crippen molar-refractivity contribution in [1.82, 2.24) is 15.0 Å². The van der Waals surface area contributed by atoms with Gasteiger partial charge in [0.15, 0.2) is 0 Å². The van der Waals surface area contributed by atoms with E-state index in [4.69, 9.17) is 4.52 Å². The minimum atomic E-state index is -0.137. The van der Waals surface area contributed by atoms with Crippen molar-refractivity contribution in [3.05, 3.63) is 52.9 Å². The number of aromatic nitrogens is 1.